The van der Waals surface area contributed by atoms with Crippen LogP contribution < -0.4 is 5.32 Å². The number of carboxylic acids is 1. The first-order valence-electron chi connectivity index (χ1n) is 5.42. The summed E-state index contributed by atoms with van der Waals surface area (Å²) in [5.74, 6) is -1.65. The molecule has 0 bridgehead atoms. The normalized spacial score (nSPS) is 10.2. The van der Waals surface area contributed by atoms with Gasteiger partial charge < -0.3 is 10.2 Å². The van der Waals surface area contributed by atoms with Crippen LogP contribution in [0.3, 0.4) is 0 Å². The maximum Gasteiger partial charge on any atom is 0.309 e. The quantitative estimate of drug-likeness (QED) is 0.781. The minimum absolute atomic E-state index is 0.106. The van der Waals surface area contributed by atoms with Crippen LogP contribution in [0.5, 0.6) is 5.75 Å². The highest BCUT2D eigenvalue weighted by atomic mass is 79.9. The predicted molar refractivity (Wildman–Crippen MR) is 77.2 cm³/mol. The smallest absolute Gasteiger partial charge is 0.309 e. The highest BCUT2D eigenvalue weighted by molar-refractivity contribution is 9.10. The Morgan fingerprint density at radius 2 is 2.15 bits per heavy atom. The van der Waals surface area contributed by atoms with Crippen molar-refractivity contribution in [2.24, 2.45) is 0 Å². The number of halogens is 1. The zero-order chi connectivity index (χ0) is 14.7. The molecule has 0 saturated carbocycles. The number of rotatable bonds is 4. The molecule has 0 aliphatic heterocycles. The van der Waals surface area contributed by atoms with Gasteiger partial charge >= 0.3 is 5.97 Å². The second-order valence-electron chi connectivity index (χ2n) is 3.83. The van der Waals surface area contributed by atoms with E-state index in [1.807, 2.05) is 0 Å². The molecule has 1 aromatic carbocycles. The van der Waals surface area contributed by atoms with Crippen molar-refractivity contribution in [2.75, 3.05) is 5.32 Å². The van der Waals surface area contributed by atoms with Crippen LogP contribution in [0.15, 0.2) is 28.1 Å². The van der Waals surface area contributed by atoms with E-state index in [-0.39, 0.29) is 22.9 Å². The van der Waals surface area contributed by atoms with Gasteiger partial charge in [-0.3, -0.25) is 14.9 Å². The van der Waals surface area contributed by atoms with Crippen LogP contribution in [0.1, 0.15) is 16.1 Å². The van der Waals surface area contributed by atoms with Crippen molar-refractivity contribution in [1.82, 2.24) is 4.98 Å². The van der Waals surface area contributed by atoms with E-state index in [4.69, 9.17) is 5.11 Å². The Kier molecular flexibility index (Phi) is 4.35. The third-order valence-corrected chi connectivity index (χ3v) is 3.61. The molecule has 2 aromatic rings. The van der Waals surface area contributed by atoms with Crippen LogP contribution >= 0.6 is 27.3 Å². The Morgan fingerprint density at radius 1 is 1.40 bits per heavy atom. The van der Waals surface area contributed by atoms with Gasteiger partial charge in [-0.25, -0.2) is 4.98 Å². The Hall–Kier alpha value is -1.93. The number of nitrogens with zero attached hydrogens (tertiary/aromatic N) is 1. The number of hydrogen-bond donors (Lipinski definition) is 3. The van der Waals surface area contributed by atoms with Gasteiger partial charge in [0, 0.05) is 9.85 Å². The molecule has 2 rings (SSSR count). The number of hydrogen-bond acceptors (Lipinski definition) is 5. The molecule has 3 N–H and O–H groups in total. The number of aliphatic carboxylic acids is 1. The highest BCUT2D eigenvalue weighted by Crippen LogP contribution is 2.24. The number of thiazole rings is 1. The maximum absolute atomic E-state index is 12.0. The van der Waals surface area contributed by atoms with Gasteiger partial charge in [0.05, 0.1) is 17.7 Å². The molecule has 6 nitrogen and oxygen atoms in total. The summed E-state index contributed by atoms with van der Waals surface area (Å²) < 4.78 is 0.658. The second kappa shape index (κ2) is 6.02. The summed E-state index contributed by atoms with van der Waals surface area (Å²) in [6.07, 6.45) is -0.200. The molecule has 1 amide bonds. The summed E-state index contributed by atoms with van der Waals surface area (Å²) in [5, 5.41) is 22.6. The van der Waals surface area contributed by atoms with Crippen LogP contribution in [0.4, 0.5) is 5.13 Å². The van der Waals surface area contributed by atoms with Crippen molar-refractivity contribution in [3.05, 3.63) is 39.3 Å². The van der Waals surface area contributed by atoms with E-state index in [9.17, 15) is 14.7 Å². The van der Waals surface area contributed by atoms with Crippen molar-refractivity contribution in [2.45, 2.75) is 6.42 Å². The zero-order valence-electron chi connectivity index (χ0n) is 9.96. The third-order valence-electron chi connectivity index (χ3n) is 2.31. The standard InChI is InChI=1S/C12H9BrN2O4S/c13-6-1-2-9(16)8(3-6)11(19)15-12-14-7(5-20-12)4-10(17)18/h1-3,5,16H,4H2,(H,17,18)(H,14,15,19). The van der Waals surface area contributed by atoms with E-state index in [1.165, 1.54) is 12.1 Å². The number of carbonyl (C=O) groups excluding carboxylic acids is 1. The number of nitrogens with one attached hydrogen (secondary N) is 1. The van der Waals surface area contributed by atoms with E-state index < -0.39 is 11.9 Å². The molecule has 0 unspecified atom stereocenters. The molecule has 0 aliphatic carbocycles. The van der Waals surface area contributed by atoms with E-state index in [0.29, 0.717) is 10.2 Å². The molecular formula is C12H9BrN2O4S. The van der Waals surface area contributed by atoms with Gasteiger partial charge in [0.2, 0.25) is 0 Å². The van der Waals surface area contributed by atoms with Gasteiger partial charge in [0.15, 0.2) is 5.13 Å². The molecule has 0 atom stereocenters. The van der Waals surface area contributed by atoms with Crippen molar-refractivity contribution >= 4 is 44.3 Å². The lowest BCUT2D eigenvalue weighted by atomic mass is 10.2. The van der Waals surface area contributed by atoms with Crippen LogP contribution in [0, 0.1) is 0 Å². The monoisotopic (exact) mass is 356 g/mol. The Labute approximate surface area is 126 Å². The maximum atomic E-state index is 12.0. The van der Waals surface area contributed by atoms with E-state index in [2.05, 4.69) is 26.2 Å². The minimum Gasteiger partial charge on any atom is -0.507 e. The molecule has 0 saturated heterocycles. The fraction of sp³-hybridized carbons (Fsp3) is 0.0833. The van der Waals surface area contributed by atoms with E-state index in [1.54, 1.807) is 11.4 Å². The van der Waals surface area contributed by atoms with Crippen LogP contribution in [-0.2, 0) is 11.2 Å². The van der Waals surface area contributed by atoms with Gasteiger partial charge in [0.25, 0.3) is 5.91 Å². The van der Waals surface area contributed by atoms with Gasteiger partial charge in [-0.15, -0.1) is 11.3 Å². The number of phenolic OH excluding ortho intramolecular Hbond substituents is 1. The van der Waals surface area contributed by atoms with E-state index in [0.717, 1.165) is 11.3 Å². The van der Waals surface area contributed by atoms with Crippen LogP contribution in [-0.4, -0.2) is 27.1 Å². The largest absolute Gasteiger partial charge is 0.507 e. The number of anilines is 1. The Balaban J connectivity index is 2.13. The molecule has 0 radical (unpaired) electrons. The average Bonchev–Trinajstić information content (AvgIpc) is 2.78. The number of benzene rings is 1. The fourth-order valence-corrected chi connectivity index (χ4v) is 2.52. The van der Waals surface area contributed by atoms with Gasteiger partial charge in [-0.05, 0) is 18.2 Å². The molecule has 1 heterocycles. The van der Waals surface area contributed by atoms with Crippen molar-refractivity contribution < 1.29 is 19.8 Å². The summed E-state index contributed by atoms with van der Waals surface area (Å²) in [6, 6.07) is 4.49. The number of carboxylic acid groups (broad SMARTS) is 1. The number of aromatic hydroxyl groups is 1. The summed E-state index contributed by atoms with van der Waals surface area (Å²) in [6.45, 7) is 0. The number of aromatic nitrogens is 1. The highest BCUT2D eigenvalue weighted by Gasteiger charge is 2.14. The third kappa shape index (κ3) is 3.55. The summed E-state index contributed by atoms with van der Waals surface area (Å²) in [7, 11) is 0. The van der Waals surface area contributed by atoms with Gasteiger partial charge in [-0.2, -0.15) is 0 Å². The first kappa shape index (κ1) is 14.5. The van der Waals surface area contributed by atoms with Crippen molar-refractivity contribution in [3.63, 3.8) is 0 Å². The Morgan fingerprint density at radius 3 is 2.85 bits per heavy atom. The van der Waals surface area contributed by atoms with E-state index >= 15 is 0 Å². The summed E-state index contributed by atoms with van der Waals surface area (Å²) >= 11 is 4.34. The van der Waals surface area contributed by atoms with Gasteiger partial charge in [0.1, 0.15) is 5.75 Å². The van der Waals surface area contributed by atoms with Crippen molar-refractivity contribution in [1.29, 1.82) is 0 Å². The predicted octanol–water partition coefficient (Wildman–Crippen LogP) is 2.49. The molecule has 8 heteroatoms. The average molecular weight is 357 g/mol. The SMILES string of the molecule is O=C(O)Cc1csc(NC(=O)c2cc(Br)ccc2O)n1. The molecule has 1 aromatic heterocycles. The lowest BCUT2D eigenvalue weighted by Gasteiger charge is -2.04. The molecule has 0 aliphatic rings. The zero-order valence-corrected chi connectivity index (χ0v) is 12.4. The lowest BCUT2D eigenvalue weighted by Crippen LogP contribution is -2.12. The fourth-order valence-electron chi connectivity index (χ4n) is 1.46. The molecular weight excluding hydrogens is 348 g/mol. The topological polar surface area (TPSA) is 99.5 Å². The van der Waals surface area contributed by atoms with Crippen LogP contribution in [0.2, 0.25) is 0 Å². The molecule has 0 fully saturated rings. The number of carbonyl (C=O) groups is 2. The minimum atomic E-state index is -0.988. The van der Waals surface area contributed by atoms with Crippen LogP contribution in [0.25, 0.3) is 0 Å². The molecule has 0 spiro atoms. The first-order chi connectivity index (χ1) is 9.45. The van der Waals surface area contributed by atoms with Crippen molar-refractivity contribution in [3.8, 4) is 5.75 Å². The molecule has 104 valence electrons. The summed E-state index contributed by atoms with van der Waals surface area (Å²) in [5.41, 5.74) is 0.477. The number of phenols is 1. The molecule has 20 heavy (non-hydrogen) atoms. The Bertz CT molecular complexity index is 671. The summed E-state index contributed by atoms with van der Waals surface area (Å²) in [4.78, 5) is 26.5. The number of amides is 1. The van der Waals surface area contributed by atoms with Gasteiger partial charge in [-0.1, -0.05) is 15.9 Å². The lowest BCUT2D eigenvalue weighted by molar-refractivity contribution is -0.136. The second-order valence-corrected chi connectivity index (χ2v) is 5.60. The first-order valence-corrected chi connectivity index (χ1v) is 7.09.